The van der Waals surface area contributed by atoms with Crippen LogP contribution in [0.5, 0.6) is 0 Å². The topological polar surface area (TPSA) is 12.9 Å². The quantitative estimate of drug-likeness (QED) is 0.165. The molecular formula is C37H26NP. The zero-order valence-electron chi connectivity index (χ0n) is 21.4. The van der Waals surface area contributed by atoms with Crippen molar-refractivity contribution >= 4 is 45.5 Å². The molecule has 7 rings (SSSR count). The molecule has 0 amide bonds. The van der Waals surface area contributed by atoms with E-state index in [0.29, 0.717) is 0 Å². The SMILES string of the molecule is c1ccc(-c2cc(-c3ccc(P(c4ccccc4)c4ccccc4)cc3)nc3ccc4ccccc4c23)cc1. The van der Waals surface area contributed by atoms with Crippen LogP contribution in [-0.2, 0) is 0 Å². The Hall–Kier alpha value is -4.58. The van der Waals surface area contributed by atoms with Crippen molar-refractivity contribution < 1.29 is 0 Å². The highest BCUT2D eigenvalue weighted by Gasteiger charge is 2.17. The number of nitrogens with zero attached hydrogens (tertiary/aromatic N) is 1. The average Bonchev–Trinajstić information content (AvgIpc) is 3.02. The van der Waals surface area contributed by atoms with Gasteiger partial charge in [0.15, 0.2) is 0 Å². The molecule has 1 heterocycles. The van der Waals surface area contributed by atoms with E-state index in [-0.39, 0.29) is 0 Å². The molecule has 0 saturated heterocycles. The molecule has 39 heavy (non-hydrogen) atoms. The minimum atomic E-state index is -0.638. The van der Waals surface area contributed by atoms with Crippen LogP contribution in [0.2, 0.25) is 0 Å². The summed E-state index contributed by atoms with van der Waals surface area (Å²) >= 11 is 0. The van der Waals surface area contributed by atoms with Gasteiger partial charge in [-0.15, -0.1) is 0 Å². The molecule has 184 valence electrons. The summed E-state index contributed by atoms with van der Waals surface area (Å²) in [7, 11) is -0.638. The molecule has 0 aliphatic rings. The van der Waals surface area contributed by atoms with E-state index in [2.05, 4.69) is 158 Å². The van der Waals surface area contributed by atoms with Gasteiger partial charge in [-0.05, 0) is 57.9 Å². The van der Waals surface area contributed by atoms with Crippen LogP contribution in [0.4, 0.5) is 0 Å². The highest BCUT2D eigenvalue weighted by atomic mass is 31.1. The van der Waals surface area contributed by atoms with E-state index in [4.69, 9.17) is 4.98 Å². The monoisotopic (exact) mass is 515 g/mol. The number of benzene rings is 6. The minimum Gasteiger partial charge on any atom is -0.248 e. The number of rotatable bonds is 5. The van der Waals surface area contributed by atoms with Crippen molar-refractivity contribution in [2.24, 2.45) is 0 Å². The summed E-state index contributed by atoms with van der Waals surface area (Å²) in [6, 6.07) is 56.6. The first-order valence-electron chi connectivity index (χ1n) is 13.2. The molecule has 0 aliphatic carbocycles. The van der Waals surface area contributed by atoms with Crippen molar-refractivity contribution in [1.82, 2.24) is 4.98 Å². The van der Waals surface area contributed by atoms with E-state index < -0.39 is 7.92 Å². The normalized spacial score (nSPS) is 11.3. The van der Waals surface area contributed by atoms with Crippen molar-refractivity contribution in [3.05, 3.63) is 158 Å². The Bertz CT molecular complexity index is 1840. The first kappa shape index (κ1) is 23.5. The van der Waals surface area contributed by atoms with Crippen LogP contribution >= 0.6 is 7.92 Å². The van der Waals surface area contributed by atoms with Gasteiger partial charge in [-0.25, -0.2) is 4.98 Å². The van der Waals surface area contributed by atoms with Gasteiger partial charge in [-0.2, -0.15) is 0 Å². The summed E-state index contributed by atoms with van der Waals surface area (Å²) in [6.07, 6.45) is 0. The van der Waals surface area contributed by atoms with E-state index >= 15 is 0 Å². The van der Waals surface area contributed by atoms with Crippen LogP contribution in [0.15, 0.2) is 158 Å². The van der Waals surface area contributed by atoms with Gasteiger partial charge in [0.1, 0.15) is 0 Å². The van der Waals surface area contributed by atoms with E-state index in [9.17, 15) is 0 Å². The Labute approximate surface area is 230 Å². The zero-order chi connectivity index (χ0) is 26.0. The summed E-state index contributed by atoms with van der Waals surface area (Å²) in [5.74, 6) is 0. The first-order chi connectivity index (χ1) is 19.3. The molecule has 2 heteroatoms. The van der Waals surface area contributed by atoms with Crippen molar-refractivity contribution in [1.29, 1.82) is 0 Å². The molecular weight excluding hydrogens is 489 g/mol. The maximum atomic E-state index is 5.18. The lowest BCUT2D eigenvalue weighted by Crippen LogP contribution is -2.20. The summed E-state index contributed by atoms with van der Waals surface area (Å²) in [6.45, 7) is 0. The van der Waals surface area contributed by atoms with Gasteiger partial charge >= 0.3 is 0 Å². The van der Waals surface area contributed by atoms with Crippen LogP contribution in [0.25, 0.3) is 44.1 Å². The number of fused-ring (bicyclic) bond motifs is 3. The summed E-state index contributed by atoms with van der Waals surface area (Å²) < 4.78 is 0. The molecule has 0 atom stereocenters. The highest BCUT2D eigenvalue weighted by molar-refractivity contribution is 7.79. The fourth-order valence-corrected chi connectivity index (χ4v) is 7.67. The lowest BCUT2D eigenvalue weighted by Gasteiger charge is -2.19. The Morgan fingerprint density at radius 3 is 1.67 bits per heavy atom. The van der Waals surface area contributed by atoms with Gasteiger partial charge in [-0.1, -0.05) is 146 Å². The Morgan fingerprint density at radius 1 is 0.436 bits per heavy atom. The van der Waals surface area contributed by atoms with Gasteiger partial charge < -0.3 is 0 Å². The molecule has 1 nitrogen and oxygen atoms in total. The van der Waals surface area contributed by atoms with Gasteiger partial charge in [0.25, 0.3) is 0 Å². The zero-order valence-corrected chi connectivity index (χ0v) is 22.3. The van der Waals surface area contributed by atoms with Gasteiger partial charge in [0.2, 0.25) is 0 Å². The number of hydrogen-bond acceptors (Lipinski definition) is 1. The van der Waals surface area contributed by atoms with Crippen LogP contribution < -0.4 is 15.9 Å². The van der Waals surface area contributed by atoms with Crippen molar-refractivity contribution in [3.63, 3.8) is 0 Å². The third-order valence-electron chi connectivity index (χ3n) is 7.23. The van der Waals surface area contributed by atoms with Crippen LogP contribution in [0.1, 0.15) is 0 Å². The van der Waals surface area contributed by atoms with E-state index in [1.165, 1.54) is 43.2 Å². The molecule has 0 aliphatic heterocycles. The van der Waals surface area contributed by atoms with Crippen LogP contribution in [0.3, 0.4) is 0 Å². The molecule has 7 aromatic rings. The second-order valence-electron chi connectivity index (χ2n) is 9.66. The maximum absolute atomic E-state index is 5.18. The summed E-state index contributed by atoms with van der Waals surface area (Å²) in [4.78, 5) is 5.18. The third kappa shape index (κ3) is 4.52. The maximum Gasteiger partial charge on any atom is 0.0722 e. The lowest BCUT2D eigenvalue weighted by molar-refractivity contribution is 1.40. The van der Waals surface area contributed by atoms with Crippen LogP contribution in [0, 0.1) is 0 Å². The minimum absolute atomic E-state index is 0.638. The molecule has 0 bridgehead atoms. The van der Waals surface area contributed by atoms with Crippen molar-refractivity contribution in [2.45, 2.75) is 0 Å². The van der Waals surface area contributed by atoms with E-state index in [1.54, 1.807) is 0 Å². The molecule has 0 spiro atoms. The smallest absolute Gasteiger partial charge is 0.0722 e. The van der Waals surface area contributed by atoms with Gasteiger partial charge in [0, 0.05) is 10.9 Å². The molecule has 0 N–H and O–H groups in total. The number of aromatic nitrogens is 1. The molecule has 0 unspecified atom stereocenters. The Morgan fingerprint density at radius 2 is 1.00 bits per heavy atom. The van der Waals surface area contributed by atoms with Crippen LogP contribution in [-0.4, -0.2) is 4.98 Å². The largest absolute Gasteiger partial charge is 0.248 e. The Kier molecular flexibility index (Phi) is 6.21. The standard InChI is InChI=1S/C37H26NP/c1-4-12-27(13-5-1)34-26-36(38-35-25-22-28-14-10-11-19-33(28)37(34)35)29-20-23-32(24-21-29)39(30-15-6-2-7-16-30)31-17-8-3-9-18-31/h1-26H. The molecule has 1 aromatic heterocycles. The fourth-order valence-electron chi connectivity index (χ4n) is 5.38. The second-order valence-corrected chi connectivity index (χ2v) is 11.9. The summed E-state index contributed by atoms with van der Waals surface area (Å²) in [5, 5.41) is 7.72. The van der Waals surface area contributed by atoms with E-state index in [0.717, 1.165) is 16.8 Å². The number of pyridine rings is 1. The van der Waals surface area contributed by atoms with Gasteiger partial charge in [0.05, 0.1) is 11.2 Å². The Balaban J connectivity index is 1.37. The fraction of sp³-hybridized carbons (Fsp3) is 0. The van der Waals surface area contributed by atoms with E-state index in [1.807, 2.05) is 0 Å². The molecule has 0 saturated carbocycles. The first-order valence-corrected chi connectivity index (χ1v) is 14.6. The molecule has 6 aromatic carbocycles. The second kappa shape index (κ2) is 10.3. The molecule has 0 radical (unpaired) electrons. The predicted octanol–water partition coefficient (Wildman–Crippen LogP) is 8.48. The third-order valence-corrected chi connectivity index (χ3v) is 9.68. The molecule has 0 fully saturated rings. The summed E-state index contributed by atoms with van der Waals surface area (Å²) in [5.41, 5.74) is 5.56. The van der Waals surface area contributed by atoms with Crippen molar-refractivity contribution in [3.8, 4) is 22.4 Å². The van der Waals surface area contributed by atoms with Gasteiger partial charge in [-0.3, -0.25) is 0 Å². The van der Waals surface area contributed by atoms with Crippen molar-refractivity contribution in [2.75, 3.05) is 0 Å². The highest BCUT2D eigenvalue weighted by Crippen LogP contribution is 2.37. The lowest BCUT2D eigenvalue weighted by atomic mass is 9.94. The number of hydrogen-bond donors (Lipinski definition) is 0. The average molecular weight is 516 g/mol. The predicted molar refractivity (Wildman–Crippen MR) is 169 cm³/mol.